The van der Waals surface area contributed by atoms with Crippen LogP contribution < -0.4 is 20.9 Å². The monoisotopic (exact) mass is 728 g/mol. The van der Waals surface area contributed by atoms with Crippen LogP contribution in [0.3, 0.4) is 0 Å². The molecule has 0 aromatic heterocycles. The van der Waals surface area contributed by atoms with Crippen molar-refractivity contribution < 1.29 is 88.5 Å². The van der Waals surface area contributed by atoms with E-state index in [0.717, 1.165) is 0 Å². The highest BCUT2D eigenvalue weighted by atomic mass is 19.4. The first kappa shape index (κ1) is 38.1. The molecule has 4 N–H and O–H groups in total. The molecule has 0 aliphatic rings. The summed E-state index contributed by atoms with van der Waals surface area (Å²) in [5, 5.41) is 0. The van der Waals surface area contributed by atoms with Crippen molar-refractivity contribution in [1.29, 1.82) is 0 Å². The van der Waals surface area contributed by atoms with E-state index >= 15 is 0 Å². The van der Waals surface area contributed by atoms with Crippen LogP contribution in [0.2, 0.25) is 0 Å². The number of ether oxygens (including phenoxy) is 2. The normalized spacial score (nSPS) is 14.2. The zero-order chi connectivity index (χ0) is 37.1. The summed E-state index contributed by atoms with van der Waals surface area (Å²) in [7, 11) is 0. The Balaban J connectivity index is 2.49. The van der Waals surface area contributed by atoms with E-state index in [9.17, 15) is 79.0 Å². The minimum absolute atomic E-state index is 0.132. The fourth-order valence-electron chi connectivity index (χ4n) is 4.33. The van der Waals surface area contributed by atoms with Crippen LogP contribution in [0.5, 0.6) is 11.5 Å². The van der Waals surface area contributed by atoms with Crippen molar-refractivity contribution in [2.24, 2.45) is 0 Å². The second kappa shape index (κ2) is 11.6. The van der Waals surface area contributed by atoms with Crippen LogP contribution in [0.15, 0.2) is 60.7 Å². The van der Waals surface area contributed by atoms with Crippen molar-refractivity contribution >= 4 is 11.4 Å². The lowest BCUT2D eigenvalue weighted by Gasteiger charge is -2.40. The minimum Gasteiger partial charge on any atom is -0.464 e. The Kier molecular flexibility index (Phi) is 9.22. The Bertz CT molecular complexity index is 1490. The third kappa shape index (κ3) is 6.64. The maximum Gasteiger partial charge on any atom is 0.442 e. The minimum atomic E-state index is -7.02. The molecule has 0 heterocycles. The van der Waals surface area contributed by atoms with Crippen LogP contribution in [0.4, 0.5) is 90.4 Å². The van der Waals surface area contributed by atoms with Crippen molar-refractivity contribution in [2.75, 3.05) is 11.5 Å². The Morgan fingerprint density at radius 2 is 0.688 bits per heavy atom. The smallest absolute Gasteiger partial charge is 0.442 e. The molecule has 0 saturated heterocycles. The topological polar surface area (TPSA) is 70.5 Å². The Hall–Kier alpha value is -4.40. The SMILES string of the molecule is Nc1ccc(OC(c2cccc(C(Oc3ccc(N)cc3C(F)(F)F)(C(F)(F)F)C(F)(F)F)c2)(C(F)(F)F)C(F)(F)F)c(C(F)(F)F)c1. The second-order valence-corrected chi connectivity index (χ2v) is 9.65. The van der Waals surface area contributed by atoms with Gasteiger partial charge >= 0.3 is 48.3 Å². The van der Waals surface area contributed by atoms with E-state index in [1.54, 1.807) is 0 Å². The van der Waals surface area contributed by atoms with Gasteiger partial charge in [-0.15, -0.1) is 0 Å². The number of nitrogens with two attached hydrogens (primary N) is 2. The maximum absolute atomic E-state index is 14.5. The van der Waals surface area contributed by atoms with Gasteiger partial charge in [0.2, 0.25) is 0 Å². The van der Waals surface area contributed by atoms with Crippen molar-refractivity contribution in [3.63, 3.8) is 0 Å². The summed E-state index contributed by atoms with van der Waals surface area (Å²) in [6, 6.07) is -2.08. The molecule has 0 aliphatic carbocycles. The molecule has 0 radical (unpaired) electrons. The first-order valence-corrected chi connectivity index (χ1v) is 12.1. The predicted octanol–water partition coefficient (Wildman–Crippen LogP) is 9.69. The van der Waals surface area contributed by atoms with Gasteiger partial charge in [0, 0.05) is 22.5 Å². The molecule has 3 aromatic carbocycles. The predicted molar refractivity (Wildman–Crippen MR) is 127 cm³/mol. The van der Waals surface area contributed by atoms with Crippen LogP contribution in [0.25, 0.3) is 0 Å². The summed E-state index contributed by atoms with van der Waals surface area (Å²) in [4.78, 5) is 0. The Morgan fingerprint density at radius 3 is 0.938 bits per heavy atom. The van der Waals surface area contributed by atoms with Crippen LogP contribution in [0, 0.1) is 0 Å². The number of nitrogen functional groups attached to an aromatic ring is 2. The molecule has 0 unspecified atom stereocenters. The summed E-state index contributed by atoms with van der Waals surface area (Å²) in [5.41, 5.74) is -14.0. The molecule has 0 amide bonds. The highest BCUT2D eigenvalue weighted by molar-refractivity contribution is 5.51. The summed E-state index contributed by atoms with van der Waals surface area (Å²) in [6.07, 6.45) is -39.7. The number of halogens is 18. The van der Waals surface area contributed by atoms with Gasteiger partial charge in [-0.2, -0.15) is 79.0 Å². The van der Waals surface area contributed by atoms with Crippen molar-refractivity contribution in [2.45, 2.75) is 48.3 Å². The van der Waals surface area contributed by atoms with E-state index in [-0.39, 0.29) is 30.3 Å². The van der Waals surface area contributed by atoms with Crippen LogP contribution in [-0.2, 0) is 23.6 Å². The standard InChI is InChI=1S/C26H14F18N2O2/c27-21(28,29)15-9-13(45)4-6-17(15)47-19(23(33,34)35,24(36,37)38)11-2-1-3-12(8-11)20(25(39,40)41,26(42,43)44)48-18-7-5-14(46)10-16(18)22(30,31)32/h1-10H,45-46H2. The molecule has 22 heteroatoms. The molecular formula is C26H14F18N2O2. The third-order valence-electron chi connectivity index (χ3n) is 6.42. The van der Waals surface area contributed by atoms with Crippen molar-refractivity contribution in [3.05, 3.63) is 82.9 Å². The van der Waals surface area contributed by atoms with E-state index in [1.807, 2.05) is 0 Å². The number of benzene rings is 3. The summed E-state index contributed by atoms with van der Waals surface area (Å²) in [6.45, 7) is 0. The van der Waals surface area contributed by atoms with Gasteiger partial charge in [0.05, 0.1) is 11.1 Å². The van der Waals surface area contributed by atoms with Crippen LogP contribution in [0.1, 0.15) is 22.3 Å². The zero-order valence-corrected chi connectivity index (χ0v) is 22.5. The maximum atomic E-state index is 14.5. The van der Waals surface area contributed by atoms with Gasteiger partial charge in [0.1, 0.15) is 11.5 Å². The molecule has 0 bridgehead atoms. The lowest BCUT2D eigenvalue weighted by Crippen LogP contribution is -2.60. The molecule has 48 heavy (non-hydrogen) atoms. The van der Waals surface area contributed by atoms with E-state index in [4.69, 9.17) is 11.5 Å². The lowest BCUT2D eigenvalue weighted by molar-refractivity contribution is -0.367. The fourth-order valence-corrected chi connectivity index (χ4v) is 4.33. The van der Waals surface area contributed by atoms with Gasteiger partial charge in [-0.1, -0.05) is 18.2 Å². The van der Waals surface area contributed by atoms with Crippen LogP contribution in [-0.4, -0.2) is 24.7 Å². The summed E-state index contributed by atoms with van der Waals surface area (Å²) >= 11 is 0. The van der Waals surface area contributed by atoms with Gasteiger partial charge < -0.3 is 20.9 Å². The highest BCUT2D eigenvalue weighted by Gasteiger charge is 2.77. The van der Waals surface area contributed by atoms with Gasteiger partial charge in [-0.3, -0.25) is 0 Å². The van der Waals surface area contributed by atoms with E-state index in [2.05, 4.69) is 9.47 Å². The first-order chi connectivity index (χ1) is 21.4. The number of alkyl halides is 18. The van der Waals surface area contributed by atoms with E-state index in [0.29, 0.717) is 12.1 Å². The molecule has 0 saturated carbocycles. The number of hydrogen-bond acceptors (Lipinski definition) is 4. The molecule has 3 rings (SSSR count). The van der Waals surface area contributed by atoms with Gasteiger partial charge in [-0.25, -0.2) is 0 Å². The third-order valence-corrected chi connectivity index (χ3v) is 6.42. The van der Waals surface area contributed by atoms with E-state index < -0.39 is 112 Å². The van der Waals surface area contributed by atoms with Gasteiger partial charge in [0.15, 0.2) is 0 Å². The van der Waals surface area contributed by atoms with Crippen LogP contribution >= 0.6 is 0 Å². The second-order valence-electron chi connectivity index (χ2n) is 9.65. The lowest BCUT2D eigenvalue weighted by atomic mass is 9.85. The quantitative estimate of drug-likeness (QED) is 0.196. The summed E-state index contributed by atoms with van der Waals surface area (Å²) < 4.78 is 263. The first-order valence-electron chi connectivity index (χ1n) is 12.1. The molecule has 0 atom stereocenters. The molecule has 0 aliphatic heterocycles. The average molecular weight is 728 g/mol. The molecule has 4 nitrogen and oxygen atoms in total. The molecule has 0 spiro atoms. The van der Waals surface area contributed by atoms with Gasteiger partial charge in [-0.05, 0) is 42.5 Å². The summed E-state index contributed by atoms with van der Waals surface area (Å²) in [5.74, 6) is -4.55. The fraction of sp³-hybridized carbons (Fsp3) is 0.308. The number of rotatable bonds is 6. The largest absolute Gasteiger partial charge is 0.464 e. The number of anilines is 2. The zero-order valence-electron chi connectivity index (χ0n) is 22.5. The van der Waals surface area contributed by atoms with Crippen molar-refractivity contribution in [3.8, 4) is 11.5 Å². The molecule has 266 valence electrons. The molecular weight excluding hydrogens is 714 g/mol. The van der Waals surface area contributed by atoms with E-state index in [1.165, 1.54) is 0 Å². The average Bonchev–Trinajstić information content (AvgIpc) is 2.87. The Morgan fingerprint density at radius 1 is 0.396 bits per heavy atom. The highest BCUT2D eigenvalue weighted by Crippen LogP contribution is 2.58. The Labute approximate surface area is 254 Å². The number of hydrogen-bond donors (Lipinski definition) is 2. The molecule has 3 aromatic rings. The molecule has 0 fully saturated rings. The van der Waals surface area contributed by atoms with Crippen molar-refractivity contribution in [1.82, 2.24) is 0 Å². The van der Waals surface area contributed by atoms with Gasteiger partial charge in [0.25, 0.3) is 0 Å².